The molecule has 0 unspecified atom stereocenters. The van der Waals surface area contributed by atoms with E-state index < -0.39 is 5.97 Å². The zero-order valence-corrected chi connectivity index (χ0v) is 28.3. The zero-order chi connectivity index (χ0) is 35.0. The number of ether oxygens (including phenoxy) is 1. The molecule has 2 N–H and O–H groups in total. The molecule has 0 atom stereocenters. The number of aromatic nitrogens is 4. The van der Waals surface area contributed by atoms with Crippen LogP contribution in [0.4, 0.5) is 0 Å². The Balaban J connectivity index is 1.57. The number of carbonyl (C=O) groups excluding carboxylic acids is 1. The van der Waals surface area contributed by atoms with Gasteiger partial charge in [-0.3, -0.25) is 4.79 Å². The molecule has 248 valence electrons. The molecule has 0 spiro atoms. The maximum atomic E-state index is 12.9. The Kier molecular flexibility index (Phi) is 7.75. The molecule has 8 bridgehead atoms. The van der Waals surface area contributed by atoms with E-state index in [1.165, 1.54) is 6.92 Å². The Morgan fingerprint density at radius 1 is 0.538 bits per heavy atom. The molecular weight excluding hydrogens is 641 g/mol. The highest BCUT2D eigenvalue weighted by Crippen LogP contribution is 2.47. The van der Waals surface area contributed by atoms with Crippen LogP contribution in [0.3, 0.4) is 0 Å². The third kappa shape index (κ3) is 5.72. The number of nitrogens with zero attached hydrogens (tertiary/aromatic N) is 2. The molecule has 0 fully saturated rings. The number of hydrogen-bond acceptors (Lipinski definition) is 4. The summed E-state index contributed by atoms with van der Waals surface area (Å²) in [6.45, 7) is 1.43. The number of esters is 1. The Hall–Kier alpha value is -7.05. The largest absolute Gasteiger partial charge is 0.424 e. The Morgan fingerprint density at radius 2 is 1.06 bits per heavy atom. The summed E-state index contributed by atoms with van der Waals surface area (Å²) in [6, 6.07) is 51.3. The van der Waals surface area contributed by atoms with E-state index in [0.29, 0.717) is 17.1 Å². The molecular formula is C46H32N4O2. The Bertz CT molecular complexity index is 2710. The van der Waals surface area contributed by atoms with Crippen LogP contribution < -0.4 is 0 Å². The van der Waals surface area contributed by atoms with Crippen molar-refractivity contribution in [3.8, 4) is 33.4 Å². The van der Waals surface area contributed by atoms with E-state index in [-0.39, 0.29) is 0 Å². The molecule has 2 aliphatic heterocycles. The molecule has 4 aromatic carbocycles. The molecule has 0 saturated heterocycles. The average Bonchev–Trinajstić information content (AvgIpc) is 3.97. The van der Waals surface area contributed by atoms with Gasteiger partial charge in [0.1, 0.15) is 5.69 Å². The minimum absolute atomic E-state index is 0.399. The summed E-state index contributed by atoms with van der Waals surface area (Å²) in [7, 11) is 0. The third-order valence-electron chi connectivity index (χ3n) is 9.24. The van der Waals surface area contributed by atoms with Crippen LogP contribution in [0.25, 0.3) is 78.9 Å². The van der Waals surface area contributed by atoms with E-state index in [2.05, 4.69) is 76.7 Å². The second-order valence-corrected chi connectivity index (χ2v) is 12.7. The minimum atomic E-state index is -0.426. The molecule has 0 radical (unpaired) electrons. The van der Waals surface area contributed by atoms with Crippen molar-refractivity contribution in [2.75, 3.05) is 0 Å². The number of H-pyrrole nitrogens is 2. The number of nitrogens with one attached hydrogen (secondary N) is 2. The Morgan fingerprint density at radius 3 is 1.65 bits per heavy atom. The van der Waals surface area contributed by atoms with Crippen LogP contribution in [0.2, 0.25) is 0 Å². The first-order valence-electron chi connectivity index (χ1n) is 17.2. The quantitative estimate of drug-likeness (QED) is 0.178. The molecule has 2 aliphatic rings. The second-order valence-electron chi connectivity index (χ2n) is 12.7. The van der Waals surface area contributed by atoms with Gasteiger partial charge in [0.15, 0.2) is 5.76 Å². The van der Waals surface area contributed by atoms with Crippen LogP contribution in [0, 0.1) is 0 Å². The van der Waals surface area contributed by atoms with E-state index in [4.69, 9.17) is 14.7 Å². The van der Waals surface area contributed by atoms with Crippen molar-refractivity contribution in [2.45, 2.75) is 6.92 Å². The lowest BCUT2D eigenvalue weighted by atomic mass is 9.91. The molecule has 6 heteroatoms. The number of fused-ring (bicyclic) bond motifs is 8. The summed E-state index contributed by atoms with van der Waals surface area (Å²) in [5.74, 6) is -0.0271. The van der Waals surface area contributed by atoms with Gasteiger partial charge in [0.25, 0.3) is 0 Å². The number of aromatic amines is 2. The van der Waals surface area contributed by atoms with E-state index in [9.17, 15) is 4.79 Å². The van der Waals surface area contributed by atoms with Gasteiger partial charge in [0, 0.05) is 40.2 Å². The van der Waals surface area contributed by atoms with Gasteiger partial charge in [-0.15, -0.1) is 0 Å². The fourth-order valence-corrected chi connectivity index (χ4v) is 7.09. The van der Waals surface area contributed by atoms with Crippen molar-refractivity contribution in [1.29, 1.82) is 0 Å². The van der Waals surface area contributed by atoms with Crippen molar-refractivity contribution >= 4 is 51.5 Å². The molecule has 0 amide bonds. The standard InChI is InChI=1S/C46H32N4O2/c1-29(51)52-46-39-28-37-25-23-35(48-37)26-34-22-24-36(47-34)27-38-40(30-14-6-2-7-15-30)41(31-16-8-3-9-17-31)44(49-38)42(32-18-10-4-11-19-32)45(50-39)43(46)33-20-12-5-13-21-33/h2-28,48-49H,1H3. The fourth-order valence-electron chi connectivity index (χ4n) is 7.09. The highest BCUT2D eigenvalue weighted by Gasteiger charge is 2.30. The molecule has 9 rings (SSSR count). The number of hydrogen-bond donors (Lipinski definition) is 2. The topological polar surface area (TPSA) is 83.7 Å². The van der Waals surface area contributed by atoms with Crippen molar-refractivity contribution in [1.82, 2.24) is 19.9 Å². The molecule has 52 heavy (non-hydrogen) atoms. The zero-order valence-electron chi connectivity index (χ0n) is 28.3. The van der Waals surface area contributed by atoms with E-state index in [0.717, 1.165) is 78.0 Å². The molecule has 5 heterocycles. The second kappa shape index (κ2) is 13.0. The summed E-state index contributed by atoms with van der Waals surface area (Å²) in [5, 5.41) is 0. The van der Waals surface area contributed by atoms with Crippen LogP contribution >= 0.6 is 0 Å². The van der Waals surface area contributed by atoms with Crippen LogP contribution in [0.1, 0.15) is 35.3 Å². The molecule has 0 saturated carbocycles. The van der Waals surface area contributed by atoms with Gasteiger partial charge < -0.3 is 14.7 Å². The third-order valence-corrected chi connectivity index (χ3v) is 9.24. The summed E-state index contributed by atoms with van der Waals surface area (Å²) in [4.78, 5) is 30.6. The van der Waals surface area contributed by atoms with Crippen molar-refractivity contribution in [3.63, 3.8) is 0 Å². The number of carbonyl (C=O) groups is 1. The first-order chi connectivity index (χ1) is 25.6. The predicted octanol–water partition coefficient (Wildman–Crippen LogP) is 11.0. The fraction of sp³-hybridized carbons (Fsp3) is 0.0217. The van der Waals surface area contributed by atoms with Gasteiger partial charge in [-0.25, -0.2) is 9.97 Å². The van der Waals surface area contributed by atoms with Crippen LogP contribution in [0.5, 0.6) is 0 Å². The van der Waals surface area contributed by atoms with E-state index in [1.807, 2.05) is 97.1 Å². The summed E-state index contributed by atoms with van der Waals surface area (Å²) in [5.41, 5.74) is 14.0. The maximum absolute atomic E-state index is 12.9. The predicted molar refractivity (Wildman–Crippen MR) is 210 cm³/mol. The van der Waals surface area contributed by atoms with Crippen molar-refractivity contribution < 1.29 is 9.53 Å². The molecule has 6 nitrogen and oxygen atoms in total. The summed E-state index contributed by atoms with van der Waals surface area (Å²) in [6.07, 6.45) is 4.07. The average molecular weight is 673 g/mol. The van der Waals surface area contributed by atoms with Crippen LogP contribution in [0.15, 0.2) is 152 Å². The van der Waals surface area contributed by atoms with Gasteiger partial charge in [0.05, 0.1) is 28.2 Å². The lowest BCUT2D eigenvalue weighted by Crippen LogP contribution is -1.99. The van der Waals surface area contributed by atoms with Crippen LogP contribution in [-0.4, -0.2) is 25.9 Å². The number of benzene rings is 4. The van der Waals surface area contributed by atoms with Crippen molar-refractivity contribution in [2.24, 2.45) is 0 Å². The minimum Gasteiger partial charge on any atom is -0.424 e. The Labute approximate surface area is 300 Å². The first kappa shape index (κ1) is 31.0. The maximum Gasteiger partial charge on any atom is 0.308 e. The smallest absolute Gasteiger partial charge is 0.308 e. The molecule has 0 aliphatic carbocycles. The van der Waals surface area contributed by atoms with Gasteiger partial charge in [0.2, 0.25) is 0 Å². The van der Waals surface area contributed by atoms with Gasteiger partial charge in [-0.05, 0) is 64.7 Å². The lowest BCUT2D eigenvalue weighted by Gasteiger charge is -2.13. The SMILES string of the molecule is CC(=O)OC1=C(c2ccccc2)c2nc1cc1ccc(cc3nc(cc4[nH]c(c2-c2ccccc2)c(-c2ccccc2)c4-c2ccccc2)C=C3)[nH]1. The monoisotopic (exact) mass is 672 g/mol. The van der Waals surface area contributed by atoms with Gasteiger partial charge >= 0.3 is 5.97 Å². The molecule has 3 aromatic heterocycles. The van der Waals surface area contributed by atoms with E-state index >= 15 is 0 Å². The first-order valence-corrected chi connectivity index (χ1v) is 17.2. The van der Waals surface area contributed by atoms with Crippen LogP contribution in [-0.2, 0) is 9.53 Å². The highest BCUT2D eigenvalue weighted by atomic mass is 16.5. The van der Waals surface area contributed by atoms with E-state index in [1.54, 1.807) is 0 Å². The van der Waals surface area contributed by atoms with Gasteiger partial charge in [-0.1, -0.05) is 121 Å². The van der Waals surface area contributed by atoms with Gasteiger partial charge in [-0.2, -0.15) is 0 Å². The lowest BCUT2D eigenvalue weighted by molar-refractivity contribution is -0.134. The highest BCUT2D eigenvalue weighted by molar-refractivity contribution is 6.12. The number of rotatable bonds is 5. The summed E-state index contributed by atoms with van der Waals surface area (Å²) >= 11 is 0. The summed E-state index contributed by atoms with van der Waals surface area (Å²) < 4.78 is 6.13. The normalized spacial score (nSPS) is 12.2. The van der Waals surface area contributed by atoms with Crippen molar-refractivity contribution in [3.05, 3.63) is 180 Å². The molecule has 7 aromatic rings.